The minimum absolute atomic E-state index is 0.0579. The number of anilines is 1. The molecule has 75 heavy (non-hydrogen) atoms. The number of Topliss-reactive ketones (excluding diaryl/α,β-unsaturated/α-hetero) is 1. The number of carbonyl (C=O) groups is 4. The van der Waals surface area contributed by atoms with Crippen molar-refractivity contribution in [3.63, 3.8) is 0 Å². The van der Waals surface area contributed by atoms with E-state index in [1.165, 1.54) is 12.1 Å². The van der Waals surface area contributed by atoms with Crippen LogP contribution in [0.25, 0.3) is 16.7 Å². The van der Waals surface area contributed by atoms with Gasteiger partial charge in [-0.25, -0.2) is 4.79 Å². The second kappa shape index (κ2) is 18.5. The molecule has 10 rings (SSSR count). The second-order valence-corrected chi connectivity index (χ2v) is 27.0. The Balaban J connectivity index is 0.930. The Morgan fingerprint density at radius 1 is 0.787 bits per heavy atom. The summed E-state index contributed by atoms with van der Waals surface area (Å²) in [6, 6.07) is 11.8. The van der Waals surface area contributed by atoms with E-state index in [1.54, 1.807) is 69.3 Å². The van der Waals surface area contributed by atoms with Gasteiger partial charge in [0, 0.05) is 56.8 Å². The Labute approximate surface area is 438 Å². The fourth-order valence-electron chi connectivity index (χ4n) is 15.0. The smallest absolute Gasteiger partial charge is 0.329 e. The van der Waals surface area contributed by atoms with Gasteiger partial charge in [0.05, 0.1) is 22.9 Å². The molecule has 4 saturated carbocycles. The first-order valence-corrected chi connectivity index (χ1v) is 29.3. The highest BCUT2D eigenvalue weighted by Gasteiger charge is 2.61. The fraction of sp³-hybridized carbons (Fsp3) is 0.526. The molecule has 3 aliphatic heterocycles. The van der Waals surface area contributed by atoms with Gasteiger partial charge in [-0.3, -0.25) is 28.5 Å². The maximum atomic E-state index is 14.0. The number of rotatable bonds is 12. The fourth-order valence-corrected chi connectivity index (χ4v) is 16.3. The summed E-state index contributed by atoms with van der Waals surface area (Å²) in [5.41, 5.74) is 2.36. The number of esters is 1. The first-order valence-electron chi connectivity index (χ1n) is 26.1. The second-order valence-electron chi connectivity index (χ2n) is 24.1. The number of fused-ring (bicyclic) bond motifs is 9. The van der Waals surface area contributed by atoms with Crippen LogP contribution in [0.15, 0.2) is 65.7 Å². The lowest BCUT2D eigenvalue weighted by Crippen LogP contribution is -2.54. The summed E-state index contributed by atoms with van der Waals surface area (Å²) in [5.74, 6) is -1.01. The normalized spacial score (nSPS) is 29.2. The quantitative estimate of drug-likeness (QED) is 0.0668. The first-order chi connectivity index (χ1) is 35.0. The van der Waals surface area contributed by atoms with Crippen molar-refractivity contribution in [3.8, 4) is 11.5 Å². The summed E-state index contributed by atoms with van der Waals surface area (Å²) in [6.07, 6.45) is 10.7. The first kappa shape index (κ1) is 52.7. The number of amides is 1. The predicted molar refractivity (Wildman–Crippen MR) is 282 cm³/mol. The van der Waals surface area contributed by atoms with Crippen LogP contribution < -0.4 is 25.9 Å². The zero-order valence-electron chi connectivity index (χ0n) is 43.5. The van der Waals surface area contributed by atoms with E-state index >= 15 is 0 Å². The van der Waals surface area contributed by atoms with E-state index in [0.717, 1.165) is 44.9 Å². The molecule has 400 valence electrons. The highest BCUT2D eigenvalue weighted by Crippen LogP contribution is 2.67. The number of aliphatic carboxylic acids is 1. The Hall–Kier alpha value is -5.69. The molecule has 5 N–H and O–H groups in total. The van der Waals surface area contributed by atoms with Crippen molar-refractivity contribution in [3.05, 3.63) is 99.1 Å². The third-order valence-electron chi connectivity index (χ3n) is 18.1. The predicted octanol–water partition coefficient (Wildman–Crippen LogP) is 7.93. The molecular weight excluding hydrogens is 999 g/mol. The van der Waals surface area contributed by atoms with Crippen LogP contribution in [0.1, 0.15) is 145 Å². The molecule has 3 aromatic rings. The highest BCUT2D eigenvalue weighted by molar-refractivity contribution is 7.86. The molecular formula is C57H67N3O13S2. The van der Waals surface area contributed by atoms with E-state index in [-0.39, 0.29) is 22.3 Å². The summed E-state index contributed by atoms with van der Waals surface area (Å²) in [5, 5.41) is 16.9. The van der Waals surface area contributed by atoms with Gasteiger partial charge in [-0.2, -0.15) is 16.8 Å². The number of hydrogen-bond donors (Lipinski definition) is 5. The van der Waals surface area contributed by atoms with Crippen molar-refractivity contribution in [2.24, 2.45) is 45.4 Å². The molecule has 0 spiro atoms. The largest absolute Gasteiger partial charge is 0.481 e. The van der Waals surface area contributed by atoms with Crippen LogP contribution in [0.4, 0.5) is 5.69 Å². The highest BCUT2D eigenvalue weighted by atomic mass is 32.2. The van der Waals surface area contributed by atoms with E-state index in [9.17, 15) is 50.2 Å². The molecule has 4 aliphatic carbocycles. The van der Waals surface area contributed by atoms with Gasteiger partial charge in [0.25, 0.3) is 26.1 Å². The maximum Gasteiger partial charge on any atom is 0.329 e. The zero-order valence-corrected chi connectivity index (χ0v) is 45.1. The number of nitrogens with one attached hydrogen (secondary N) is 2. The number of benzene rings is 3. The Morgan fingerprint density at radius 2 is 1.45 bits per heavy atom. The van der Waals surface area contributed by atoms with Crippen molar-refractivity contribution in [2.75, 3.05) is 16.8 Å². The van der Waals surface area contributed by atoms with Gasteiger partial charge in [-0.15, -0.1) is 0 Å². The number of carbonyl (C=O) groups excluding carboxylic acids is 3. The van der Waals surface area contributed by atoms with Gasteiger partial charge in [-0.1, -0.05) is 38.1 Å². The van der Waals surface area contributed by atoms with E-state index in [2.05, 4.69) is 24.5 Å². The SMILES string of the molecule is CC(=O)C1CCC2C3CC[C@@H]4C[C@H](OC(=O)[C@H](CC(=O)O)NC(=O)c5ccc(C6=c7cc8c(cc7Oc7cc9c(cc76)C(CS(=O)(=O)O)=CC(C)(C)N9)=NC(C)(C)C=C8CS(=O)(=O)O)cc5)CC[C@]4(C)C3CC[C@]12C. The molecule has 16 nitrogen and oxygen atoms in total. The Morgan fingerprint density at radius 3 is 2.12 bits per heavy atom. The lowest BCUT2D eigenvalue weighted by molar-refractivity contribution is -0.166. The van der Waals surface area contributed by atoms with Gasteiger partial charge >= 0.3 is 11.9 Å². The third kappa shape index (κ3) is 10.1. The minimum atomic E-state index is -4.49. The third-order valence-corrected chi connectivity index (χ3v) is 19.4. The molecule has 7 aliphatic rings. The molecule has 4 unspecified atom stereocenters. The van der Waals surface area contributed by atoms with Crippen LogP contribution in [0.5, 0.6) is 11.5 Å². The van der Waals surface area contributed by atoms with Crippen molar-refractivity contribution in [1.29, 1.82) is 0 Å². The molecule has 0 bridgehead atoms. The number of ketones is 1. The Bertz CT molecular complexity index is 3380. The van der Waals surface area contributed by atoms with Gasteiger partial charge in [0.1, 0.15) is 40.9 Å². The van der Waals surface area contributed by atoms with E-state index < -0.39 is 79.2 Å². The van der Waals surface area contributed by atoms with Crippen LogP contribution >= 0.6 is 0 Å². The van der Waals surface area contributed by atoms with Gasteiger partial charge < -0.3 is 25.2 Å². The molecule has 4 fully saturated rings. The molecule has 18 heteroatoms. The lowest BCUT2D eigenvalue weighted by atomic mass is 9.44. The van der Waals surface area contributed by atoms with E-state index in [1.807, 2.05) is 13.8 Å². The van der Waals surface area contributed by atoms with Gasteiger partial charge in [0.2, 0.25) is 0 Å². The average molecular weight is 1070 g/mol. The van der Waals surface area contributed by atoms with Crippen LogP contribution in [-0.4, -0.2) is 89.4 Å². The zero-order chi connectivity index (χ0) is 53.9. The molecule has 0 saturated heterocycles. The van der Waals surface area contributed by atoms with Crippen LogP contribution in [0.2, 0.25) is 0 Å². The standard InChI is InChI=1S/C57H67N3O13S2/c1-30(61)42-14-15-43-37-13-12-35-20-36(16-18-56(35,6)44(37)17-19-57(42,43)7)72-53(65)47(25-50(62)63)58-52(64)32-10-8-31(9-11-32)51-40-21-38-33(28-74(66,67)68)26-54(2,3)59-45(38)23-48(40)73-49-24-46-39(22-41(49)51)34(29-75(69,70)71)27-55(4,5)60-46/h8-11,21-24,26-27,35-37,42-44,47,59H,12-20,25,28-29H2,1-7H3,(H,58,64)(H,62,63)(H,66,67,68)(H,69,70,71)/t35-,36-,37?,42?,43?,44?,47+,56+,57-/m1/s1. The lowest BCUT2D eigenvalue weighted by Gasteiger charge is -2.61. The monoisotopic (exact) mass is 1070 g/mol. The minimum Gasteiger partial charge on any atom is -0.481 e. The summed E-state index contributed by atoms with van der Waals surface area (Å²) in [7, 11) is -8.97. The van der Waals surface area contributed by atoms with Gasteiger partial charge in [0.15, 0.2) is 0 Å². The maximum absolute atomic E-state index is 14.0. The van der Waals surface area contributed by atoms with Crippen molar-refractivity contribution < 1.29 is 59.7 Å². The number of nitrogens with zero attached hydrogens (tertiary/aromatic N) is 1. The topological polar surface area (TPSA) is 252 Å². The molecule has 3 heterocycles. The van der Waals surface area contributed by atoms with Gasteiger partial charge in [-0.05, 0) is 168 Å². The summed E-state index contributed by atoms with van der Waals surface area (Å²) in [4.78, 5) is 57.7. The molecule has 9 atom stereocenters. The number of ether oxygens (including phenoxy) is 2. The Kier molecular flexibility index (Phi) is 13.0. The molecule has 3 aromatic carbocycles. The average Bonchev–Trinajstić information content (AvgIpc) is 3.65. The van der Waals surface area contributed by atoms with Crippen LogP contribution in [0, 0.1) is 40.4 Å². The van der Waals surface area contributed by atoms with Crippen molar-refractivity contribution in [1.82, 2.24) is 5.32 Å². The molecule has 0 radical (unpaired) electrons. The van der Waals surface area contributed by atoms with Crippen molar-refractivity contribution >= 4 is 66.3 Å². The summed E-state index contributed by atoms with van der Waals surface area (Å²) < 4.78 is 82.1. The number of hydrogen-bond acceptors (Lipinski definition) is 12. The number of carboxylic acid groups (broad SMARTS) is 1. The van der Waals surface area contributed by atoms with E-state index in [0.29, 0.717) is 109 Å². The van der Waals surface area contributed by atoms with E-state index in [4.69, 9.17) is 14.5 Å². The molecule has 0 aromatic heterocycles. The van der Waals surface area contributed by atoms with Crippen LogP contribution in [-0.2, 0) is 39.4 Å². The number of carboxylic acids is 1. The summed E-state index contributed by atoms with van der Waals surface area (Å²) in [6.45, 7) is 13.8. The van der Waals surface area contributed by atoms with Crippen LogP contribution in [0.3, 0.4) is 0 Å². The molecule has 1 amide bonds. The summed E-state index contributed by atoms with van der Waals surface area (Å²) >= 11 is 0. The van der Waals surface area contributed by atoms with Crippen molar-refractivity contribution in [2.45, 2.75) is 136 Å².